The summed E-state index contributed by atoms with van der Waals surface area (Å²) in [5, 5.41) is 4.78. The Balaban J connectivity index is 1.65. The van der Waals surface area contributed by atoms with Gasteiger partial charge in [-0.05, 0) is 55.7 Å². The van der Waals surface area contributed by atoms with Crippen LogP contribution in [0.4, 0.5) is 5.69 Å². The van der Waals surface area contributed by atoms with Crippen LogP contribution in [0, 0.1) is 0 Å². The van der Waals surface area contributed by atoms with Crippen molar-refractivity contribution in [3.8, 4) is 16.9 Å². The van der Waals surface area contributed by atoms with Crippen molar-refractivity contribution >= 4 is 11.6 Å². The summed E-state index contributed by atoms with van der Waals surface area (Å²) < 4.78 is 1.77. The second kappa shape index (κ2) is 7.59. The van der Waals surface area contributed by atoms with Gasteiger partial charge in [-0.3, -0.25) is 9.78 Å². The molecule has 2 aromatic carbocycles. The fraction of sp³-hybridized carbons (Fsp3) is 0.160. The summed E-state index contributed by atoms with van der Waals surface area (Å²) in [4.78, 5) is 20.0. The van der Waals surface area contributed by atoms with Crippen LogP contribution in [0.1, 0.15) is 29.3 Å². The summed E-state index contributed by atoms with van der Waals surface area (Å²) in [7, 11) is 0. The Bertz CT molecular complexity index is 1180. The Kier molecular flexibility index (Phi) is 4.64. The van der Waals surface area contributed by atoms with E-state index in [0.717, 1.165) is 29.8 Å². The molecule has 0 spiro atoms. The molecule has 1 amide bonds. The number of aromatic nitrogens is 3. The maximum absolute atomic E-state index is 13.9. The molecule has 0 fully saturated rings. The molecular weight excluding hydrogens is 372 g/mol. The van der Waals surface area contributed by atoms with Crippen molar-refractivity contribution in [1.82, 2.24) is 14.8 Å². The van der Waals surface area contributed by atoms with Gasteiger partial charge >= 0.3 is 0 Å². The van der Waals surface area contributed by atoms with Gasteiger partial charge in [0, 0.05) is 35.9 Å². The first-order chi connectivity index (χ1) is 14.7. The smallest absolute Gasteiger partial charge is 0.262 e. The fourth-order valence-corrected chi connectivity index (χ4v) is 4.09. The molecular formula is C25H22N4O. The lowest BCUT2D eigenvalue weighted by Crippen LogP contribution is -2.42. The number of nitrogens with zero attached hydrogens (tertiary/aromatic N) is 4. The molecule has 2 aromatic heterocycles. The first-order valence-corrected chi connectivity index (χ1v) is 10.2. The lowest BCUT2D eigenvalue weighted by molar-refractivity contribution is 0.0976. The number of benzene rings is 2. The molecule has 148 valence electrons. The number of hydrogen-bond donors (Lipinski definition) is 0. The van der Waals surface area contributed by atoms with Gasteiger partial charge in [0.2, 0.25) is 0 Å². The standard InChI is InChI=1S/C25H22N4O/c1-18-13-14-19-8-5-6-12-23(19)29(18)25(30)22-17-28(21-10-3-2-4-11-21)27-24(22)20-9-7-15-26-16-20/h2-12,15-18H,13-14H2,1H3/t18-/m1/s1. The first-order valence-electron chi connectivity index (χ1n) is 10.2. The van der Waals surface area contributed by atoms with Crippen molar-refractivity contribution in [1.29, 1.82) is 0 Å². The monoisotopic (exact) mass is 394 g/mol. The summed E-state index contributed by atoms with van der Waals surface area (Å²) in [5.41, 5.74) is 5.16. The van der Waals surface area contributed by atoms with E-state index in [4.69, 9.17) is 5.10 Å². The van der Waals surface area contributed by atoms with Crippen LogP contribution in [0.25, 0.3) is 16.9 Å². The van der Waals surface area contributed by atoms with Crippen molar-refractivity contribution in [3.05, 3.63) is 96.4 Å². The average Bonchev–Trinajstić information content (AvgIpc) is 3.25. The minimum absolute atomic E-state index is 0.0318. The highest BCUT2D eigenvalue weighted by molar-refractivity contribution is 6.10. The summed E-state index contributed by atoms with van der Waals surface area (Å²) >= 11 is 0. The second-order valence-corrected chi connectivity index (χ2v) is 7.60. The minimum atomic E-state index is -0.0318. The van der Waals surface area contributed by atoms with Crippen LogP contribution in [-0.4, -0.2) is 26.7 Å². The van der Waals surface area contributed by atoms with Crippen molar-refractivity contribution in [2.24, 2.45) is 0 Å². The Morgan fingerprint density at radius 1 is 1.00 bits per heavy atom. The zero-order chi connectivity index (χ0) is 20.5. The molecule has 3 heterocycles. The average molecular weight is 394 g/mol. The Labute approximate surface area is 175 Å². The quantitative estimate of drug-likeness (QED) is 0.496. The fourth-order valence-electron chi connectivity index (χ4n) is 4.09. The summed E-state index contributed by atoms with van der Waals surface area (Å²) in [6.45, 7) is 2.11. The van der Waals surface area contributed by atoms with Gasteiger partial charge in [-0.25, -0.2) is 4.68 Å². The predicted octanol–water partition coefficient (Wildman–Crippen LogP) is 4.92. The summed E-state index contributed by atoms with van der Waals surface area (Å²) in [6.07, 6.45) is 7.24. The van der Waals surface area contributed by atoms with Crippen LogP contribution in [0.15, 0.2) is 85.3 Å². The van der Waals surface area contributed by atoms with E-state index in [9.17, 15) is 4.79 Å². The zero-order valence-electron chi connectivity index (χ0n) is 16.8. The SMILES string of the molecule is C[C@@H]1CCc2ccccc2N1C(=O)c1cn(-c2ccccc2)nc1-c1cccnc1. The van der Waals surface area contributed by atoms with Crippen LogP contribution in [0.3, 0.4) is 0 Å². The van der Waals surface area contributed by atoms with Crippen molar-refractivity contribution in [2.75, 3.05) is 4.90 Å². The molecule has 0 aliphatic carbocycles. The van der Waals surface area contributed by atoms with Crippen LogP contribution in [-0.2, 0) is 6.42 Å². The van der Waals surface area contributed by atoms with E-state index in [-0.39, 0.29) is 11.9 Å². The number of carbonyl (C=O) groups excluding carboxylic acids is 1. The molecule has 30 heavy (non-hydrogen) atoms. The van der Waals surface area contributed by atoms with E-state index in [1.807, 2.05) is 71.8 Å². The Morgan fingerprint density at radius 2 is 1.80 bits per heavy atom. The van der Waals surface area contributed by atoms with E-state index in [1.54, 1.807) is 17.1 Å². The highest BCUT2D eigenvalue weighted by Crippen LogP contribution is 2.33. The number of fused-ring (bicyclic) bond motifs is 1. The van der Waals surface area contributed by atoms with Gasteiger partial charge in [0.15, 0.2) is 0 Å². The van der Waals surface area contributed by atoms with E-state index in [1.165, 1.54) is 5.56 Å². The number of anilines is 1. The molecule has 0 radical (unpaired) electrons. The van der Waals surface area contributed by atoms with Gasteiger partial charge in [-0.2, -0.15) is 5.10 Å². The number of carbonyl (C=O) groups is 1. The van der Waals surface area contributed by atoms with Gasteiger partial charge in [-0.1, -0.05) is 36.4 Å². The number of hydrogen-bond acceptors (Lipinski definition) is 3. The molecule has 5 rings (SSSR count). The lowest BCUT2D eigenvalue weighted by atomic mass is 9.95. The lowest BCUT2D eigenvalue weighted by Gasteiger charge is -2.35. The molecule has 0 unspecified atom stereocenters. The van der Waals surface area contributed by atoms with Gasteiger partial charge in [0.25, 0.3) is 5.91 Å². The van der Waals surface area contributed by atoms with Crippen molar-refractivity contribution in [2.45, 2.75) is 25.8 Å². The second-order valence-electron chi connectivity index (χ2n) is 7.60. The largest absolute Gasteiger partial charge is 0.305 e. The van der Waals surface area contributed by atoms with Crippen LogP contribution in [0.2, 0.25) is 0 Å². The van der Waals surface area contributed by atoms with E-state index in [0.29, 0.717) is 11.3 Å². The van der Waals surface area contributed by atoms with Gasteiger partial charge < -0.3 is 4.90 Å². The first kappa shape index (κ1) is 18.3. The maximum atomic E-state index is 13.9. The van der Waals surface area contributed by atoms with Crippen LogP contribution in [0.5, 0.6) is 0 Å². The topological polar surface area (TPSA) is 51.0 Å². The molecule has 1 atom stereocenters. The highest BCUT2D eigenvalue weighted by atomic mass is 16.2. The third kappa shape index (κ3) is 3.18. The molecule has 1 aliphatic rings. The molecule has 4 aromatic rings. The van der Waals surface area contributed by atoms with Gasteiger partial charge in [0.1, 0.15) is 5.69 Å². The Hall–Kier alpha value is -3.73. The van der Waals surface area contributed by atoms with Crippen LogP contribution < -0.4 is 4.90 Å². The molecule has 0 bridgehead atoms. The number of pyridine rings is 1. The van der Waals surface area contributed by atoms with E-state index in [2.05, 4.69) is 18.0 Å². The van der Waals surface area contributed by atoms with Gasteiger partial charge in [0.05, 0.1) is 11.3 Å². The number of rotatable bonds is 3. The third-order valence-electron chi connectivity index (χ3n) is 5.64. The van der Waals surface area contributed by atoms with Crippen LogP contribution >= 0.6 is 0 Å². The normalized spacial score (nSPS) is 15.6. The summed E-state index contributed by atoms with van der Waals surface area (Å²) in [5.74, 6) is -0.0318. The maximum Gasteiger partial charge on any atom is 0.262 e. The van der Waals surface area contributed by atoms with Crippen molar-refractivity contribution in [3.63, 3.8) is 0 Å². The van der Waals surface area contributed by atoms with E-state index >= 15 is 0 Å². The van der Waals surface area contributed by atoms with E-state index < -0.39 is 0 Å². The van der Waals surface area contributed by atoms with Gasteiger partial charge in [-0.15, -0.1) is 0 Å². The minimum Gasteiger partial charge on any atom is -0.305 e. The number of para-hydroxylation sites is 2. The molecule has 5 nitrogen and oxygen atoms in total. The zero-order valence-corrected chi connectivity index (χ0v) is 16.8. The highest BCUT2D eigenvalue weighted by Gasteiger charge is 2.31. The van der Waals surface area contributed by atoms with Crippen molar-refractivity contribution < 1.29 is 4.79 Å². The molecule has 5 heteroatoms. The Morgan fingerprint density at radius 3 is 2.60 bits per heavy atom. The summed E-state index contributed by atoms with van der Waals surface area (Å²) in [6, 6.07) is 21.9. The molecule has 0 saturated heterocycles. The molecule has 0 N–H and O–H groups in total. The number of aryl methyl sites for hydroxylation is 1. The molecule has 0 saturated carbocycles. The predicted molar refractivity (Wildman–Crippen MR) is 118 cm³/mol. The molecule has 1 aliphatic heterocycles. The third-order valence-corrected chi connectivity index (χ3v) is 5.64. The number of amides is 1.